The van der Waals surface area contributed by atoms with Crippen molar-refractivity contribution < 1.29 is 13.2 Å². The molecule has 2 aromatic rings. The smallest absolute Gasteiger partial charge is 0.240 e. The number of carbonyl (C=O) groups is 1. The number of nitrogens with zero attached hydrogens (tertiary/aromatic N) is 3. The Bertz CT molecular complexity index is 1100. The summed E-state index contributed by atoms with van der Waals surface area (Å²) < 4.78 is 25.2. The molecule has 0 radical (unpaired) electrons. The maximum Gasteiger partial charge on any atom is 0.240 e. The van der Waals surface area contributed by atoms with E-state index in [-0.39, 0.29) is 11.9 Å². The number of amides is 1. The molecule has 2 aliphatic heterocycles. The molecule has 0 aliphatic carbocycles. The fourth-order valence-electron chi connectivity index (χ4n) is 4.71. The lowest BCUT2D eigenvalue weighted by Gasteiger charge is -2.35. The van der Waals surface area contributed by atoms with E-state index in [0.29, 0.717) is 23.7 Å². The molecule has 32 heavy (non-hydrogen) atoms. The van der Waals surface area contributed by atoms with Crippen LogP contribution in [0.5, 0.6) is 0 Å². The number of piperidine rings is 1. The van der Waals surface area contributed by atoms with Gasteiger partial charge < -0.3 is 4.90 Å². The summed E-state index contributed by atoms with van der Waals surface area (Å²) in [6.07, 6.45) is 3.97. The van der Waals surface area contributed by atoms with E-state index in [0.717, 1.165) is 50.7 Å². The molecular formula is C24H28N4O3S. The highest BCUT2D eigenvalue weighted by Crippen LogP contribution is 2.31. The van der Waals surface area contributed by atoms with E-state index in [1.54, 1.807) is 12.1 Å². The van der Waals surface area contributed by atoms with E-state index in [4.69, 9.17) is 5.26 Å². The monoisotopic (exact) mass is 452 g/mol. The Morgan fingerprint density at radius 3 is 2.25 bits per heavy atom. The van der Waals surface area contributed by atoms with Crippen molar-refractivity contribution in [3.8, 4) is 6.07 Å². The molecule has 0 unspecified atom stereocenters. The molecule has 2 aromatic carbocycles. The van der Waals surface area contributed by atoms with Crippen LogP contribution in [0.1, 0.15) is 41.9 Å². The fraction of sp³-hybridized carbons (Fsp3) is 0.417. The molecule has 4 rings (SSSR count). The van der Waals surface area contributed by atoms with Crippen LogP contribution in [0.3, 0.4) is 0 Å². The van der Waals surface area contributed by atoms with Crippen LogP contribution >= 0.6 is 0 Å². The van der Waals surface area contributed by atoms with E-state index >= 15 is 0 Å². The van der Waals surface area contributed by atoms with Crippen LogP contribution in [-0.2, 0) is 21.4 Å². The first-order chi connectivity index (χ1) is 15.3. The lowest BCUT2D eigenvalue weighted by molar-refractivity contribution is -0.133. The van der Waals surface area contributed by atoms with Gasteiger partial charge in [0.05, 0.1) is 23.9 Å². The van der Waals surface area contributed by atoms with Gasteiger partial charge in [-0.3, -0.25) is 14.4 Å². The lowest BCUT2D eigenvalue weighted by Crippen LogP contribution is -2.45. The van der Waals surface area contributed by atoms with Crippen molar-refractivity contribution in [3.63, 3.8) is 0 Å². The van der Waals surface area contributed by atoms with Crippen LogP contribution in [0.4, 0.5) is 5.69 Å². The molecule has 0 bridgehead atoms. The van der Waals surface area contributed by atoms with Crippen molar-refractivity contribution in [1.29, 1.82) is 5.26 Å². The Morgan fingerprint density at radius 1 is 1.00 bits per heavy atom. The number of benzene rings is 2. The van der Waals surface area contributed by atoms with Gasteiger partial charge in [-0.1, -0.05) is 24.3 Å². The predicted molar refractivity (Wildman–Crippen MR) is 123 cm³/mol. The minimum Gasteiger partial charge on any atom is -0.337 e. The summed E-state index contributed by atoms with van der Waals surface area (Å²) in [5.74, 6) is 0.619. The zero-order chi connectivity index (χ0) is 22.7. The average molecular weight is 453 g/mol. The number of nitriles is 1. The number of nitrogens with one attached hydrogen (secondary N) is 1. The Hall–Kier alpha value is -2.89. The molecule has 1 atom stereocenters. The first-order valence-electron chi connectivity index (χ1n) is 10.9. The second kappa shape index (κ2) is 9.31. The fourth-order valence-corrected chi connectivity index (χ4v) is 5.27. The Kier molecular flexibility index (Phi) is 6.49. The Balaban J connectivity index is 1.30. The minimum atomic E-state index is -3.27. The van der Waals surface area contributed by atoms with Crippen LogP contribution in [0.2, 0.25) is 0 Å². The van der Waals surface area contributed by atoms with Gasteiger partial charge in [0.2, 0.25) is 15.9 Å². The van der Waals surface area contributed by atoms with Crippen molar-refractivity contribution in [1.82, 2.24) is 9.80 Å². The van der Waals surface area contributed by atoms with Crippen molar-refractivity contribution in [2.75, 3.05) is 30.6 Å². The molecule has 2 saturated heterocycles. The van der Waals surface area contributed by atoms with Gasteiger partial charge in [-0.15, -0.1) is 0 Å². The lowest BCUT2D eigenvalue weighted by atomic mass is 9.88. The summed E-state index contributed by atoms with van der Waals surface area (Å²) in [5, 5.41) is 8.93. The van der Waals surface area contributed by atoms with Gasteiger partial charge in [-0.2, -0.15) is 5.26 Å². The molecule has 1 amide bonds. The first-order valence-corrected chi connectivity index (χ1v) is 12.8. The highest BCUT2D eigenvalue weighted by Gasteiger charge is 2.37. The molecule has 2 fully saturated rings. The van der Waals surface area contributed by atoms with Gasteiger partial charge in [-0.05, 0) is 73.7 Å². The van der Waals surface area contributed by atoms with Crippen LogP contribution in [0.15, 0.2) is 48.5 Å². The molecule has 168 valence electrons. The maximum absolute atomic E-state index is 13.0. The first kappa shape index (κ1) is 22.3. The van der Waals surface area contributed by atoms with Crippen LogP contribution in [0, 0.1) is 11.3 Å². The highest BCUT2D eigenvalue weighted by atomic mass is 32.2. The number of carbonyl (C=O) groups excluding carboxylic acids is 1. The summed E-state index contributed by atoms with van der Waals surface area (Å²) in [5.41, 5.74) is 3.46. The standard InChI is InChI=1S/C24H28N4O3S/c1-32(30,31)26-22-8-6-20(7-9-22)21-10-13-27(14-11-21)23-12-15-28(24(23)29)17-19-4-2-18(16-25)3-5-19/h2-9,21,23,26H,10-15,17H2,1H3/t23-/m1/s1. The second-order valence-electron chi connectivity index (χ2n) is 8.68. The predicted octanol–water partition coefficient (Wildman–Crippen LogP) is 2.91. The zero-order valence-electron chi connectivity index (χ0n) is 18.2. The van der Waals surface area contributed by atoms with Gasteiger partial charge in [-0.25, -0.2) is 8.42 Å². The van der Waals surface area contributed by atoms with Gasteiger partial charge in [0, 0.05) is 18.8 Å². The molecule has 2 heterocycles. The third kappa shape index (κ3) is 5.29. The largest absolute Gasteiger partial charge is 0.337 e. The summed E-state index contributed by atoms with van der Waals surface area (Å²) in [6.45, 7) is 3.12. The van der Waals surface area contributed by atoms with Gasteiger partial charge in [0.15, 0.2) is 0 Å². The van der Waals surface area contributed by atoms with Gasteiger partial charge in [0.25, 0.3) is 0 Å². The Labute approximate surface area is 189 Å². The zero-order valence-corrected chi connectivity index (χ0v) is 19.0. The number of likely N-dealkylation sites (tertiary alicyclic amines) is 2. The average Bonchev–Trinajstić information content (AvgIpc) is 3.14. The van der Waals surface area contributed by atoms with Crippen molar-refractivity contribution in [3.05, 3.63) is 65.2 Å². The van der Waals surface area contributed by atoms with E-state index in [2.05, 4.69) is 15.7 Å². The number of hydrogen-bond acceptors (Lipinski definition) is 5. The minimum absolute atomic E-state index is 0.0457. The summed E-state index contributed by atoms with van der Waals surface area (Å²) in [6, 6.07) is 17.1. The third-order valence-corrected chi connectivity index (χ3v) is 6.99. The van der Waals surface area contributed by atoms with E-state index in [1.165, 1.54) is 5.56 Å². The molecule has 2 aliphatic rings. The van der Waals surface area contributed by atoms with Crippen molar-refractivity contribution >= 4 is 21.6 Å². The van der Waals surface area contributed by atoms with Crippen LogP contribution in [0.25, 0.3) is 0 Å². The third-order valence-electron chi connectivity index (χ3n) is 6.38. The number of sulfonamides is 1. The molecule has 8 heteroatoms. The summed E-state index contributed by atoms with van der Waals surface area (Å²) in [7, 11) is -3.27. The molecular weight excluding hydrogens is 424 g/mol. The van der Waals surface area contributed by atoms with Crippen LogP contribution < -0.4 is 4.72 Å². The topological polar surface area (TPSA) is 93.5 Å². The van der Waals surface area contributed by atoms with E-state index in [9.17, 15) is 13.2 Å². The van der Waals surface area contributed by atoms with Crippen LogP contribution in [-0.4, -0.2) is 56.1 Å². The quantitative estimate of drug-likeness (QED) is 0.727. The van der Waals surface area contributed by atoms with E-state index < -0.39 is 10.0 Å². The molecule has 7 nitrogen and oxygen atoms in total. The molecule has 0 aromatic heterocycles. The summed E-state index contributed by atoms with van der Waals surface area (Å²) in [4.78, 5) is 17.3. The van der Waals surface area contributed by atoms with Gasteiger partial charge >= 0.3 is 0 Å². The number of anilines is 1. The SMILES string of the molecule is CS(=O)(=O)Nc1ccc(C2CCN([C@@H]3CCN(Cc4ccc(C#N)cc4)C3=O)CC2)cc1. The molecule has 1 N–H and O–H groups in total. The summed E-state index contributed by atoms with van der Waals surface area (Å²) >= 11 is 0. The Morgan fingerprint density at radius 2 is 1.66 bits per heavy atom. The van der Waals surface area contributed by atoms with Crippen molar-refractivity contribution in [2.45, 2.75) is 37.8 Å². The highest BCUT2D eigenvalue weighted by molar-refractivity contribution is 7.92. The molecule has 0 spiro atoms. The van der Waals surface area contributed by atoms with E-state index in [1.807, 2.05) is 41.3 Å². The maximum atomic E-state index is 13.0. The second-order valence-corrected chi connectivity index (χ2v) is 10.4. The number of hydrogen-bond donors (Lipinski definition) is 1. The molecule has 0 saturated carbocycles. The van der Waals surface area contributed by atoms with Crippen molar-refractivity contribution in [2.24, 2.45) is 0 Å². The van der Waals surface area contributed by atoms with Gasteiger partial charge in [0.1, 0.15) is 0 Å². The number of rotatable bonds is 6. The normalized spacial score (nSPS) is 20.3.